The number of hydrogen-bond acceptors (Lipinski definition) is 6. The molecule has 0 bridgehead atoms. The molecule has 0 saturated carbocycles. The molecule has 0 aromatic heterocycles. The summed E-state index contributed by atoms with van der Waals surface area (Å²) in [5.74, 6) is -0.305. The van der Waals surface area contributed by atoms with Crippen LogP contribution in [0.3, 0.4) is 0 Å². The van der Waals surface area contributed by atoms with Gasteiger partial charge in [-0.05, 0) is 64.1 Å². The number of methoxy groups -OCH3 is 1. The molecule has 0 aliphatic rings. The lowest BCUT2D eigenvalue weighted by molar-refractivity contribution is -0.117. The van der Waals surface area contributed by atoms with E-state index in [1.807, 2.05) is 0 Å². The number of carbonyl (C=O) groups is 2. The van der Waals surface area contributed by atoms with Gasteiger partial charge < -0.3 is 20.1 Å². The summed E-state index contributed by atoms with van der Waals surface area (Å²) < 4.78 is 39.1. The molecule has 0 radical (unpaired) electrons. The summed E-state index contributed by atoms with van der Waals surface area (Å²) >= 11 is 9.32. The first-order chi connectivity index (χ1) is 15.2. The van der Waals surface area contributed by atoms with E-state index in [9.17, 15) is 18.0 Å². The van der Waals surface area contributed by atoms with Crippen LogP contribution in [0, 0.1) is 0 Å². The second-order valence-electron chi connectivity index (χ2n) is 7.95. The average Bonchev–Trinajstić information content (AvgIpc) is 2.65. The molecule has 12 heteroatoms. The van der Waals surface area contributed by atoms with Gasteiger partial charge in [0.25, 0.3) is 10.0 Å². The monoisotopic (exact) mass is 561 g/mol. The number of sulfonamides is 1. The molecule has 0 fully saturated rings. The van der Waals surface area contributed by atoms with E-state index in [0.717, 1.165) is 0 Å². The Bertz CT molecular complexity index is 1150. The lowest BCUT2D eigenvalue weighted by atomic mass is 10.2. The van der Waals surface area contributed by atoms with E-state index in [1.165, 1.54) is 44.4 Å². The zero-order chi connectivity index (χ0) is 25.0. The lowest BCUT2D eigenvalue weighted by Gasteiger charge is -2.21. The van der Waals surface area contributed by atoms with Crippen molar-refractivity contribution in [2.75, 3.05) is 17.1 Å². The summed E-state index contributed by atoms with van der Waals surface area (Å²) in [6.07, 6.45) is -0.736. The van der Waals surface area contributed by atoms with E-state index >= 15 is 0 Å². The van der Waals surface area contributed by atoms with Crippen molar-refractivity contribution in [2.45, 2.75) is 44.2 Å². The van der Waals surface area contributed by atoms with Crippen LogP contribution in [0.2, 0.25) is 5.02 Å². The van der Waals surface area contributed by atoms with Crippen LogP contribution in [0.4, 0.5) is 16.2 Å². The van der Waals surface area contributed by atoms with E-state index in [2.05, 4.69) is 31.3 Å². The smallest absolute Gasteiger partial charge is 0.408 e. The number of carbonyl (C=O) groups excluding carboxylic acids is 2. The standard InChI is InChI=1S/C21H25BrClN3O6S/c1-12(24-20(28)32-21(2,3)4)19(27)25-14-7-8-17(31-5)16(11-14)26-33(29,30)18-9-6-13(22)10-15(18)23/h6-12,26H,1-5H3,(H,24,28)(H,25,27)/t12-/m1/s1. The number of anilines is 2. The largest absolute Gasteiger partial charge is 0.495 e. The Morgan fingerprint density at radius 3 is 2.36 bits per heavy atom. The van der Waals surface area contributed by atoms with Gasteiger partial charge in [0.15, 0.2) is 0 Å². The Morgan fingerprint density at radius 2 is 1.79 bits per heavy atom. The maximum atomic E-state index is 12.9. The molecule has 9 nitrogen and oxygen atoms in total. The van der Waals surface area contributed by atoms with Gasteiger partial charge in [-0.15, -0.1) is 0 Å². The van der Waals surface area contributed by atoms with Crippen LogP contribution in [-0.4, -0.2) is 39.2 Å². The number of nitrogens with one attached hydrogen (secondary N) is 3. The molecule has 3 N–H and O–H groups in total. The zero-order valence-corrected chi connectivity index (χ0v) is 21.8. The second kappa shape index (κ2) is 10.6. The number of alkyl carbamates (subject to hydrolysis) is 1. The van der Waals surface area contributed by atoms with E-state index in [4.69, 9.17) is 21.1 Å². The van der Waals surface area contributed by atoms with E-state index in [1.54, 1.807) is 26.8 Å². The van der Waals surface area contributed by atoms with Crippen molar-refractivity contribution in [3.05, 3.63) is 45.9 Å². The normalized spacial score (nSPS) is 12.5. The first kappa shape index (κ1) is 26.7. The van der Waals surface area contributed by atoms with Gasteiger partial charge in [-0.3, -0.25) is 9.52 Å². The van der Waals surface area contributed by atoms with Gasteiger partial charge in [0.1, 0.15) is 22.3 Å². The van der Waals surface area contributed by atoms with E-state index in [0.29, 0.717) is 4.47 Å². The number of benzene rings is 2. The van der Waals surface area contributed by atoms with Gasteiger partial charge in [-0.1, -0.05) is 27.5 Å². The van der Waals surface area contributed by atoms with Crippen molar-refractivity contribution in [1.29, 1.82) is 0 Å². The van der Waals surface area contributed by atoms with Crippen LogP contribution in [-0.2, 0) is 19.6 Å². The highest BCUT2D eigenvalue weighted by Gasteiger charge is 2.23. The third kappa shape index (κ3) is 7.79. The Kier molecular flexibility index (Phi) is 8.61. The Morgan fingerprint density at radius 1 is 1.12 bits per heavy atom. The molecular formula is C21H25BrClN3O6S. The summed E-state index contributed by atoms with van der Waals surface area (Å²) in [6, 6.07) is 7.86. The maximum absolute atomic E-state index is 12.9. The molecule has 0 unspecified atom stereocenters. The fourth-order valence-electron chi connectivity index (χ4n) is 2.56. The first-order valence-electron chi connectivity index (χ1n) is 9.68. The van der Waals surface area contributed by atoms with Gasteiger partial charge in [0, 0.05) is 10.2 Å². The van der Waals surface area contributed by atoms with Crippen molar-refractivity contribution in [3.63, 3.8) is 0 Å². The van der Waals surface area contributed by atoms with E-state index < -0.39 is 33.7 Å². The fourth-order valence-corrected chi connectivity index (χ4v) is 4.66. The number of hydrogen-bond donors (Lipinski definition) is 3. The zero-order valence-electron chi connectivity index (χ0n) is 18.7. The van der Waals surface area contributed by atoms with Crippen LogP contribution < -0.4 is 20.1 Å². The summed E-state index contributed by atoms with van der Waals surface area (Å²) in [4.78, 5) is 24.2. The minimum absolute atomic E-state index is 0.0299. The van der Waals surface area contributed by atoms with Crippen molar-refractivity contribution < 1.29 is 27.5 Å². The second-order valence-corrected chi connectivity index (χ2v) is 10.9. The molecule has 2 amide bonds. The highest BCUT2D eigenvalue weighted by molar-refractivity contribution is 9.10. The lowest BCUT2D eigenvalue weighted by Crippen LogP contribution is -2.43. The Labute approximate surface area is 206 Å². The van der Waals surface area contributed by atoms with Crippen molar-refractivity contribution >= 4 is 60.9 Å². The summed E-state index contributed by atoms with van der Waals surface area (Å²) in [5.41, 5.74) is -0.347. The molecule has 180 valence electrons. The highest BCUT2D eigenvalue weighted by atomic mass is 79.9. The summed E-state index contributed by atoms with van der Waals surface area (Å²) in [7, 11) is -2.68. The number of amides is 2. The molecule has 0 aliphatic heterocycles. The predicted molar refractivity (Wildman–Crippen MR) is 130 cm³/mol. The molecule has 2 aromatic rings. The van der Waals surface area contributed by atoms with Gasteiger partial charge in [-0.2, -0.15) is 0 Å². The minimum atomic E-state index is -4.06. The number of halogens is 2. The molecule has 0 aliphatic carbocycles. The van der Waals surface area contributed by atoms with Crippen LogP contribution in [0.15, 0.2) is 45.8 Å². The minimum Gasteiger partial charge on any atom is -0.495 e. The van der Waals surface area contributed by atoms with Gasteiger partial charge in [0.2, 0.25) is 5.91 Å². The van der Waals surface area contributed by atoms with Gasteiger partial charge in [-0.25, -0.2) is 13.2 Å². The van der Waals surface area contributed by atoms with Gasteiger partial charge >= 0.3 is 6.09 Å². The van der Waals surface area contributed by atoms with Crippen molar-refractivity contribution in [1.82, 2.24) is 5.32 Å². The number of ether oxygens (including phenoxy) is 2. The van der Waals surface area contributed by atoms with Crippen LogP contribution in [0.5, 0.6) is 5.75 Å². The van der Waals surface area contributed by atoms with Gasteiger partial charge in [0.05, 0.1) is 17.8 Å². The molecular weight excluding hydrogens is 538 g/mol. The van der Waals surface area contributed by atoms with Crippen LogP contribution >= 0.6 is 27.5 Å². The Hall–Kier alpha value is -2.50. The summed E-state index contributed by atoms with van der Waals surface area (Å²) in [5, 5.41) is 5.08. The molecule has 0 saturated heterocycles. The molecule has 1 atom stereocenters. The SMILES string of the molecule is COc1ccc(NC(=O)[C@@H](C)NC(=O)OC(C)(C)C)cc1NS(=O)(=O)c1ccc(Br)cc1Cl. The third-order valence-electron chi connectivity index (χ3n) is 4.02. The molecule has 33 heavy (non-hydrogen) atoms. The molecule has 0 spiro atoms. The fraction of sp³-hybridized carbons (Fsp3) is 0.333. The van der Waals surface area contributed by atoms with E-state index in [-0.39, 0.29) is 27.0 Å². The molecule has 2 aromatic carbocycles. The van der Waals surface area contributed by atoms with Crippen molar-refractivity contribution in [2.24, 2.45) is 0 Å². The molecule has 0 heterocycles. The van der Waals surface area contributed by atoms with Crippen LogP contribution in [0.25, 0.3) is 0 Å². The molecule has 2 rings (SSSR count). The predicted octanol–water partition coefficient (Wildman–Crippen LogP) is 4.76. The topological polar surface area (TPSA) is 123 Å². The Balaban J connectivity index is 2.20. The quantitative estimate of drug-likeness (QED) is 0.447. The highest BCUT2D eigenvalue weighted by Crippen LogP contribution is 2.32. The summed E-state index contributed by atoms with van der Waals surface area (Å²) in [6.45, 7) is 6.61. The third-order valence-corrected chi connectivity index (χ3v) is 6.36. The average molecular weight is 563 g/mol. The van der Waals surface area contributed by atoms with Crippen molar-refractivity contribution in [3.8, 4) is 5.75 Å². The first-order valence-corrected chi connectivity index (χ1v) is 12.3. The maximum Gasteiger partial charge on any atom is 0.408 e. The number of rotatable bonds is 7. The van der Waals surface area contributed by atoms with Crippen LogP contribution in [0.1, 0.15) is 27.7 Å².